The molecule has 0 unspecified atom stereocenters. The zero-order chi connectivity index (χ0) is 8.27. The summed E-state index contributed by atoms with van der Waals surface area (Å²) in [5.41, 5.74) is 1.11. The topological polar surface area (TPSA) is 12.9 Å². The molecule has 0 saturated heterocycles. The Morgan fingerprint density at radius 3 is 2.73 bits per heavy atom. The van der Waals surface area contributed by atoms with Crippen LogP contribution in [0.3, 0.4) is 0 Å². The molecular formula is C9H12FN. The fourth-order valence-corrected chi connectivity index (χ4v) is 0.914. The molecule has 0 bridgehead atoms. The average molecular weight is 153 g/mol. The normalized spacial score (nSPS) is 13.0. The molecule has 0 aliphatic rings. The summed E-state index contributed by atoms with van der Waals surface area (Å²) in [5, 5.41) is 0. The molecule has 0 saturated carbocycles. The van der Waals surface area contributed by atoms with E-state index in [1.54, 1.807) is 12.3 Å². The van der Waals surface area contributed by atoms with Crippen molar-refractivity contribution in [3.63, 3.8) is 0 Å². The van der Waals surface area contributed by atoms with Crippen molar-refractivity contribution in [1.82, 2.24) is 4.98 Å². The zero-order valence-electron chi connectivity index (χ0n) is 6.84. The molecule has 0 aliphatic carbocycles. The van der Waals surface area contributed by atoms with Crippen molar-refractivity contribution in [2.75, 3.05) is 0 Å². The van der Waals surface area contributed by atoms with Crippen LogP contribution in [0.2, 0.25) is 0 Å². The predicted molar refractivity (Wildman–Crippen MR) is 42.9 cm³/mol. The van der Waals surface area contributed by atoms with Crippen LogP contribution >= 0.6 is 0 Å². The van der Waals surface area contributed by atoms with Gasteiger partial charge in [-0.3, -0.25) is 0 Å². The summed E-state index contributed by atoms with van der Waals surface area (Å²) < 4.78 is 12.3. The second-order valence-electron chi connectivity index (χ2n) is 2.72. The van der Waals surface area contributed by atoms with Gasteiger partial charge in [0.05, 0.1) is 0 Å². The van der Waals surface area contributed by atoms with Gasteiger partial charge in [0.1, 0.15) is 0 Å². The molecule has 11 heavy (non-hydrogen) atoms. The molecule has 1 rings (SSSR count). The van der Waals surface area contributed by atoms with Crippen LogP contribution in [0.25, 0.3) is 0 Å². The Kier molecular flexibility index (Phi) is 2.58. The van der Waals surface area contributed by atoms with Gasteiger partial charge < -0.3 is 0 Å². The Morgan fingerprint density at radius 1 is 1.55 bits per heavy atom. The molecule has 0 fully saturated rings. The number of aromatic nitrogens is 1. The SMILES string of the molecule is CC[C@@H](C)c1ccc(F)nc1. The highest BCUT2D eigenvalue weighted by atomic mass is 19.1. The molecule has 1 aromatic rings. The minimum absolute atomic E-state index is 0.406. The van der Waals surface area contributed by atoms with Crippen LogP contribution < -0.4 is 0 Å². The smallest absolute Gasteiger partial charge is 0.212 e. The first-order valence-electron chi connectivity index (χ1n) is 3.85. The van der Waals surface area contributed by atoms with Gasteiger partial charge in [0, 0.05) is 6.20 Å². The standard InChI is InChI=1S/C9H12FN/c1-3-7(2)8-4-5-9(10)11-6-8/h4-7H,3H2,1-2H3/t7-/m1/s1. The van der Waals surface area contributed by atoms with E-state index in [0.717, 1.165) is 12.0 Å². The van der Waals surface area contributed by atoms with Crippen molar-refractivity contribution in [2.24, 2.45) is 0 Å². The molecule has 0 spiro atoms. The highest BCUT2D eigenvalue weighted by Crippen LogP contribution is 2.16. The van der Waals surface area contributed by atoms with Crippen LogP contribution in [-0.2, 0) is 0 Å². The minimum Gasteiger partial charge on any atom is -0.228 e. The third-order valence-electron chi connectivity index (χ3n) is 1.93. The molecule has 0 aliphatic heterocycles. The van der Waals surface area contributed by atoms with Gasteiger partial charge in [-0.15, -0.1) is 0 Å². The number of pyridine rings is 1. The maximum absolute atomic E-state index is 12.3. The summed E-state index contributed by atoms with van der Waals surface area (Å²) >= 11 is 0. The van der Waals surface area contributed by atoms with Crippen LogP contribution in [0.1, 0.15) is 31.7 Å². The van der Waals surface area contributed by atoms with E-state index in [9.17, 15) is 4.39 Å². The lowest BCUT2D eigenvalue weighted by atomic mass is 10.0. The Labute approximate surface area is 66.3 Å². The summed E-state index contributed by atoms with van der Waals surface area (Å²) in [6, 6.07) is 3.19. The Balaban J connectivity index is 2.81. The van der Waals surface area contributed by atoms with Crippen LogP contribution in [0, 0.1) is 5.95 Å². The van der Waals surface area contributed by atoms with E-state index in [2.05, 4.69) is 18.8 Å². The second-order valence-corrected chi connectivity index (χ2v) is 2.72. The molecule has 0 N–H and O–H groups in total. The second kappa shape index (κ2) is 3.46. The van der Waals surface area contributed by atoms with E-state index >= 15 is 0 Å². The molecule has 0 amide bonds. The number of hydrogen-bond acceptors (Lipinski definition) is 1. The predicted octanol–water partition coefficient (Wildman–Crippen LogP) is 2.73. The highest BCUT2D eigenvalue weighted by molar-refractivity contribution is 5.13. The first-order valence-corrected chi connectivity index (χ1v) is 3.85. The van der Waals surface area contributed by atoms with Crippen LogP contribution in [0.5, 0.6) is 0 Å². The van der Waals surface area contributed by atoms with E-state index in [1.807, 2.05) is 0 Å². The Hall–Kier alpha value is -0.920. The lowest BCUT2D eigenvalue weighted by Crippen LogP contribution is -1.92. The molecule has 0 aromatic carbocycles. The van der Waals surface area contributed by atoms with Crippen molar-refractivity contribution < 1.29 is 4.39 Å². The number of rotatable bonds is 2. The monoisotopic (exact) mass is 153 g/mol. The average Bonchev–Trinajstić information content (AvgIpc) is 2.05. The van der Waals surface area contributed by atoms with Gasteiger partial charge in [-0.2, -0.15) is 4.39 Å². The summed E-state index contributed by atoms with van der Waals surface area (Å²) in [7, 11) is 0. The van der Waals surface area contributed by atoms with Crippen LogP contribution in [0.4, 0.5) is 4.39 Å². The zero-order valence-corrected chi connectivity index (χ0v) is 6.84. The van der Waals surface area contributed by atoms with Crippen LogP contribution in [-0.4, -0.2) is 4.98 Å². The Bertz CT molecular complexity index is 218. The maximum atomic E-state index is 12.3. The van der Waals surface area contributed by atoms with Crippen molar-refractivity contribution in [1.29, 1.82) is 0 Å². The van der Waals surface area contributed by atoms with Gasteiger partial charge in [-0.25, -0.2) is 4.98 Å². The van der Waals surface area contributed by atoms with Crippen molar-refractivity contribution in [2.45, 2.75) is 26.2 Å². The molecule has 1 nitrogen and oxygen atoms in total. The fraction of sp³-hybridized carbons (Fsp3) is 0.444. The number of halogens is 1. The number of nitrogens with zero attached hydrogens (tertiary/aromatic N) is 1. The van der Waals surface area contributed by atoms with Crippen molar-refractivity contribution in [3.8, 4) is 0 Å². The lowest BCUT2D eigenvalue weighted by Gasteiger charge is -2.06. The minimum atomic E-state index is -0.406. The van der Waals surface area contributed by atoms with Crippen molar-refractivity contribution >= 4 is 0 Å². The fourth-order valence-electron chi connectivity index (χ4n) is 0.914. The molecule has 2 heteroatoms. The third-order valence-corrected chi connectivity index (χ3v) is 1.93. The highest BCUT2D eigenvalue weighted by Gasteiger charge is 2.01. The summed E-state index contributed by atoms with van der Waals surface area (Å²) in [5.74, 6) is 0.0696. The van der Waals surface area contributed by atoms with Crippen LogP contribution in [0.15, 0.2) is 18.3 Å². The van der Waals surface area contributed by atoms with E-state index < -0.39 is 5.95 Å². The summed E-state index contributed by atoms with van der Waals surface area (Å²) in [6.45, 7) is 4.21. The van der Waals surface area contributed by atoms with Gasteiger partial charge in [-0.05, 0) is 24.0 Å². The lowest BCUT2D eigenvalue weighted by molar-refractivity contribution is 0.579. The molecule has 1 aromatic heterocycles. The third kappa shape index (κ3) is 2.00. The van der Waals surface area contributed by atoms with E-state index in [1.165, 1.54) is 6.07 Å². The summed E-state index contributed by atoms with van der Waals surface area (Å²) in [6.07, 6.45) is 2.66. The number of hydrogen-bond donors (Lipinski definition) is 0. The van der Waals surface area contributed by atoms with Gasteiger partial charge >= 0.3 is 0 Å². The van der Waals surface area contributed by atoms with Gasteiger partial charge in [0.2, 0.25) is 5.95 Å². The quantitative estimate of drug-likeness (QED) is 0.595. The van der Waals surface area contributed by atoms with Gasteiger partial charge in [-0.1, -0.05) is 19.9 Å². The first-order chi connectivity index (χ1) is 5.24. The van der Waals surface area contributed by atoms with E-state index in [0.29, 0.717) is 5.92 Å². The molecule has 1 atom stereocenters. The van der Waals surface area contributed by atoms with E-state index in [4.69, 9.17) is 0 Å². The van der Waals surface area contributed by atoms with Gasteiger partial charge in [0.15, 0.2) is 0 Å². The van der Waals surface area contributed by atoms with Crippen molar-refractivity contribution in [3.05, 3.63) is 29.8 Å². The first kappa shape index (κ1) is 8.18. The largest absolute Gasteiger partial charge is 0.228 e. The van der Waals surface area contributed by atoms with E-state index in [-0.39, 0.29) is 0 Å². The molecule has 0 radical (unpaired) electrons. The molecular weight excluding hydrogens is 141 g/mol. The van der Waals surface area contributed by atoms with Gasteiger partial charge in [0.25, 0.3) is 0 Å². The molecule has 1 heterocycles. The summed E-state index contributed by atoms with van der Waals surface area (Å²) in [4.78, 5) is 3.58. The maximum Gasteiger partial charge on any atom is 0.212 e. The molecule has 60 valence electrons. The Morgan fingerprint density at radius 2 is 2.27 bits per heavy atom.